The molecule has 0 spiro atoms. The minimum Gasteiger partial charge on any atom is -0.477 e. The van der Waals surface area contributed by atoms with Crippen molar-refractivity contribution in [3.05, 3.63) is 64.6 Å². The maximum absolute atomic E-state index is 12.3. The molecule has 0 bridgehead atoms. The summed E-state index contributed by atoms with van der Waals surface area (Å²) in [6.07, 6.45) is 3.11. The number of rotatable bonds is 3. The van der Waals surface area contributed by atoms with E-state index >= 15 is 0 Å². The van der Waals surface area contributed by atoms with Gasteiger partial charge in [-0.15, -0.1) is 0 Å². The quantitative estimate of drug-likeness (QED) is 0.806. The Kier molecular flexibility index (Phi) is 3.47. The number of carboxylic acids is 1. The van der Waals surface area contributed by atoms with E-state index in [4.69, 9.17) is 5.11 Å². The highest BCUT2D eigenvalue weighted by Crippen LogP contribution is 2.22. The molecule has 0 unspecified atom stereocenters. The SMILES string of the molecule is CCn1cc(C(=O)O)c(=O)c2ccc(-c3ccccn3)cc21. The second-order valence-electron chi connectivity index (χ2n) is 4.91. The van der Waals surface area contributed by atoms with Crippen LogP contribution in [0.15, 0.2) is 53.6 Å². The van der Waals surface area contributed by atoms with Gasteiger partial charge in [0.15, 0.2) is 0 Å². The van der Waals surface area contributed by atoms with Crippen LogP contribution in [0.1, 0.15) is 17.3 Å². The number of benzene rings is 1. The first-order chi connectivity index (χ1) is 10.6. The Morgan fingerprint density at radius 2 is 2.09 bits per heavy atom. The highest BCUT2D eigenvalue weighted by atomic mass is 16.4. The number of hydrogen-bond donors (Lipinski definition) is 1. The van der Waals surface area contributed by atoms with E-state index in [1.165, 1.54) is 6.20 Å². The Bertz CT molecular complexity index is 914. The van der Waals surface area contributed by atoms with Gasteiger partial charge in [-0.25, -0.2) is 4.79 Å². The molecular weight excluding hydrogens is 280 g/mol. The molecule has 2 heterocycles. The predicted molar refractivity (Wildman–Crippen MR) is 84.1 cm³/mol. The summed E-state index contributed by atoms with van der Waals surface area (Å²) in [5.41, 5.74) is 1.74. The fourth-order valence-electron chi connectivity index (χ4n) is 2.50. The molecule has 3 rings (SSSR count). The molecule has 0 saturated carbocycles. The zero-order chi connectivity index (χ0) is 15.7. The summed E-state index contributed by atoms with van der Waals surface area (Å²) >= 11 is 0. The molecule has 22 heavy (non-hydrogen) atoms. The molecule has 0 fully saturated rings. The normalized spacial score (nSPS) is 10.8. The van der Waals surface area contributed by atoms with Crippen molar-refractivity contribution >= 4 is 16.9 Å². The fraction of sp³-hybridized carbons (Fsp3) is 0.118. The van der Waals surface area contributed by atoms with E-state index in [0.29, 0.717) is 17.4 Å². The summed E-state index contributed by atoms with van der Waals surface area (Å²) in [6.45, 7) is 2.48. The van der Waals surface area contributed by atoms with E-state index in [2.05, 4.69) is 4.98 Å². The lowest BCUT2D eigenvalue weighted by molar-refractivity contribution is 0.0695. The van der Waals surface area contributed by atoms with Crippen LogP contribution in [0.3, 0.4) is 0 Å². The van der Waals surface area contributed by atoms with E-state index in [0.717, 1.165) is 11.3 Å². The van der Waals surface area contributed by atoms with Crippen molar-refractivity contribution in [3.63, 3.8) is 0 Å². The molecule has 0 aliphatic heterocycles. The zero-order valence-electron chi connectivity index (χ0n) is 12.0. The number of aryl methyl sites for hydroxylation is 1. The lowest BCUT2D eigenvalue weighted by Crippen LogP contribution is -2.18. The topological polar surface area (TPSA) is 72.2 Å². The number of hydrogen-bond acceptors (Lipinski definition) is 3. The van der Waals surface area contributed by atoms with Crippen molar-refractivity contribution < 1.29 is 9.90 Å². The van der Waals surface area contributed by atoms with Crippen LogP contribution in [0.4, 0.5) is 0 Å². The molecule has 5 nitrogen and oxygen atoms in total. The van der Waals surface area contributed by atoms with Gasteiger partial charge < -0.3 is 9.67 Å². The van der Waals surface area contributed by atoms with Crippen LogP contribution in [-0.2, 0) is 6.54 Å². The van der Waals surface area contributed by atoms with Crippen LogP contribution < -0.4 is 5.43 Å². The zero-order valence-corrected chi connectivity index (χ0v) is 12.0. The van der Waals surface area contributed by atoms with Gasteiger partial charge in [0.05, 0.1) is 11.2 Å². The number of carbonyl (C=O) groups is 1. The molecule has 0 amide bonds. The van der Waals surface area contributed by atoms with Crippen LogP contribution in [0.5, 0.6) is 0 Å². The van der Waals surface area contributed by atoms with Crippen LogP contribution in [-0.4, -0.2) is 20.6 Å². The Labute approximate surface area is 126 Å². The summed E-state index contributed by atoms with van der Waals surface area (Å²) in [6, 6.07) is 11.0. The fourth-order valence-corrected chi connectivity index (χ4v) is 2.50. The molecule has 0 aliphatic rings. The number of nitrogens with zero attached hydrogens (tertiary/aromatic N) is 2. The first-order valence-corrected chi connectivity index (χ1v) is 6.93. The number of fused-ring (bicyclic) bond motifs is 1. The Balaban J connectivity index is 2.31. The standard InChI is InChI=1S/C17H14N2O3/c1-2-19-10-13(17(21)22)16(20)12-7-6-11(9-15(12)19)14-5-3-4-8-18-14/h3-10H,2H2,1H3,(H,21,22). The highest BCUT2D eigenvalue weighted by molar-refractivity contribution is 5.93. The van der Waals surface area contributed by atoms with Gasteiger partial charge in [-0.2, -0.15) is 0 Å². The largest absolute Gasteiger partial charge is 0.477 e. The van der Waals surface area contributed by atoms with Gasteiger partial charge in [-0.3, -0.25) is 9.78 Å². The monoisotopic (exact) mass is 294 g/mol. The number of pyridine rings is 2. The second-order valence-corrected chi connectivity index (χ2v) is 4.91. The third-order valence-electron chi connectivity index (χ3n) is 3.61. The Morgan fingerprint density at radius 3 is 2.73 bits per heavy atom. The molecule has 1 N–H and O–H groups in total. The summed E-state index contributed by atoms with van der Waals surface area (Å²) in [5.74, 6) is -1.21. The third kappa shape index (κ3) is 2.26. The molecule has 0 saturated heterocycles. The average molecular weight is 294 g/mol. The van der Waals surface area contributed by atoms with E-state index in [1.807, 2.05) is 31.2 Å². The lowest BCUT2D eigenvalue weighted by atomic mass is 10.1. The number of aromatic nitrogens is 2. The van der Waals surface area contributed by atoms with Crippen molar-refractivity contribution in [1.82, 2.24) is 9.55 Å². The van der Waals surface area contributed by atoms with Crippen molar-refractivity contribution in [2.45, 2.75) is 13.5 Å². The maximum atomic E-state index is 12.3. The molecular formula is C17H14N2O3. The van der Waals surface area contributed by atoms with Crippen molar-refractivity contribution in [2.24, 2.45) is 0 Å². The Morgan fingerprint density at radius 1 is 1.27 bits per heavy atom. The molecule has 5 heteroatoms. The average Bonchev–Trinajstić information content (AvgIpc) is 2.55. The molecule has 0 atom stereocenters. The lowest BCUT2D eigenvalue weighted by Gasteiger charge is -2.11. The highest BCUT2D eigenvalue weighted by Gasteiger charge is 2.14. The van der Waals surface area contributed by atoms with E-state index < -0.39 is 11.4 Å². The van der Waals surface area contributed by atoms with E-state index in [1.54, 1.807) is 22.9 Å². The smallest absolute Gasteiger partial charge is 0.341 e. The first-order valence-electron chi connectivity index (χ1n) is 6.93. The molecule has 110 valence electrons. The number of aromatic carboxylic acids is 1. The van der Waals surface area contributed by atoms with Gasteiger partial charge in [0.2, 0.25) is 5.43 Å². The minimum absolute atomic E-state index is 0.208. The van der Waals surface area contributed by atoms with Crippen molar-refractivity contribution in [3.8, 4) is 11.3 Å². The molecule has 0 aliphatic carbocycles. The van der Waals surface area contributed by atoms with Gasteiger partial charge in [-0.05, 0) is 31.2 Å². The third-order valence-corrected chi connectivity index (χ3v) is 3.61. The molecule has 3 aromatic rings. The van der Waals surface area contributed by atoms with Gasteiger partial charge >= 0.3 is 5.97 Å². The number of carboxylic acid groups (broad SMARTS) is 1. The maximum Gasteiger partial charge on any atom is 0.341 e. The van der Waals surface area contributed by atoms with Crippen LogP contribution in [0, 0.1) is 0 Å². The summed E-state index contributed by atoms with van der Waals surface area (Å²) in [7, 11) is 0. The van der Waals surface area contributed by atoms with Gasteiger partial charge in [0.25, 0.3) is 0 Å². The van der Waals surface area contributed by atoms with Gasteiger partial charge in [0.1, 0.15) is 5.56 Å². The van der Waals surface area contributed by atoms with Gasteiger partial charge in [-0.1, -0.05) is 12.1 Å². The van der Waals surface area contributed by atoms with Gasteiger partial charge in [0, 0.05) is 29.9 Å². The second kappa shape index (κ2) is 5.44. The van der Waals surface area contributed by atoms with E-state index in [9.17, 15) is 9.59 Å². The van der Waals surface area contributed by atoms with Crippen LogP contribution >= 0.6 is 0 Å². The van der Waals surface area contributed by atoms with Crippen LogP contribution in [0.2, 0.25) is 0 Å². The summed E-state index contributed by atoms with van der Waals surface area (Å²) in [4.78, 5) is 27.8. The van der Waals surface area contributed by atoms with Crippen LogP contribution in [0.25, 0.3) is 22.2 Å². The summed E-state index contributed by atoms with van der Waals surface area (Å²) < 4.78 is 1.77. The van der Waals surface area contributed by atoms with E-state index in [-0.39, 0.29) is 5.56 Å². The summed E-state index contributed by atoms with van der Waals surface area (Å²) in [5, 5.41) is 9.56. The predicted octanol–water partition coefficient (Wildman–Crippen LogP) is 2.78. The minimum atomic E-state index is -1.21. The van der Waals surface area contributed by atoms with Crippen molar-refractivity contribution in [2.75, 3.05) is 0 Å². The molecule has 0 radical (unpaired) electrons. The Hall–Kier alpha value is -2.95. The van der Waals surface area contributed by atoms with Crippen molar-refractivity contribution in [1.29, 1.82) is 0 Å². The molecule has 2 aromatic heterocycles. The molecule has 1 aromatic carbocycles. The first kappa shape index (κ1) is 14.0.